The Morgan fingerprint density at radius 2 is 1.67 bits per heavy atom. The molecule has 5 heteroatoms. The third kappa shape index (κ3) is 2.60. The smallest absolute Gasteiger partial charge is 0.270 e. The topological polar surface area (TPSA) is 43.4 Å². The van der Waals surface area contributed by atoms with Crippen LogP contribution in [0.25, 0.3) is 0 Å². The Bertz CT molecular complexity index is 320. The van der Waals surface area contributed by atoms with E-state index in [0.29, 0.717) is 0 Å². The molecule has 0 aliphatic carbocycles. The summed E-state index contributed by atoms with van der Waals surface area (Å²) in [6.07, 6.45) is 0. The first-order valence-electron chi connectivity index (χ1n) is 3.02. The van der Waals surface area contributed by atoms with Gasteiger partial charge < -0.3 is 0 Å². The van der Waals surface area contributed by atoms with Crippen molar-refractivity contribution in [2.45, 2.75) is 4.90 Å². The average molecular weight is 228 g/mol. The van der Waals surface area contributed by atoms with Crippen LogP contribution in [0.5, 0.6) is 0 Å². The van der Waals surface area contributed by atoms with Crippen molar-refractivity contribution in [3.63, 3.8) is 0 Å². The van der Waals surface area contributed by atoms with Gasteiger partial charge in [-0.3, -0.25) is 4.18 Å². The minimum atomic E-state index is -3.50. The van der Waals surface area contributed by atoms with Crippen molar-refractivity contribution in [3.05, 3.63) is 30.3 Å². The number of rotatable bonds is 2. The number of hydrogen-bond acceptors (Lipinski definition) is 3. The summed E-state index contributed by atoms with van der Waals surface area (Å²) < 4.78 is 26.3. The summed E-state index contributed by atoms with van der Waals surface area (Å²) in [6, 6.07) is 8.00. The minimum absolute atomic E-state index is 0. The molecule has 0 unspecified atom stereocenters. The van der Waals surface area contributed by atoms with Crippen LogP contribution in [-0.4, -0.2) is 15.5 Å². The van der Waals surface area contributed by atoms with E-state index in [0.717, 1.165) is 7.11 Å². The molecule has 0 aliphatic heterocycles. The van der Waals surface area contributed by atoms with Gasteiger partial charge in [-0.25, -0.2) is 0 Å². The Morgan fingerprint density at radius 3 is 2.08 bits per heavy atom. The molecule has 0 saturated carbocycles. The van der Waals surface area contributed by atoms with Gasteiger partial charge in [0.05, 0.1) is 12.0 Å². The van der Waals surface area contributed by atoms with E-state index in [2.05, 4.69) is 4.18 Å². The fourth-order valence-corrected chi connectivity index (χ4v) is 1.37. The van der Waals surface area contributed by atoms with E-state index in [1.807, 2.05) is 0 Å². The van der Waals surface area contributed by atoms with Crippen molar-refractivity contribution in [2.75, 3.05) is 7.11 Å². The molecule has 0 aromatic heterocycles. The van der Waals surface area contributed by atoms with Crippen LogP contribution in [0.1, 0.15) is 0 Å². The van der Waals surface area contributed by atoms with Gasteiger partial charge in [0, 0.05) is 17.1 Å². The van der Waals surface area contributed by atoms with E-state index in [-0.39, 0.29) is 22.0 Å². The van der Waals surface area contributed by atoms with Crippen molar-refractivity contribution >= 4 is 10.1 Å². The first-order valence-corrected chi connectivity index (χ1v) is 4.43. The van der Waals surface area contributed by atoms with Gasteiger partial charge in [-0.05, 0) is 12.1 Å². The Kier molecular flexibility index (Phi) is 4.49. The third-order valence-electron chi connectivity index (χ3n) is 1.25. The van der Waals surface area contributed by atoms with Gasteiger partial charge in [0.2, 0.25) is 0 Å². The predicted octanol–water partition coefficient (Wildman–Crippen LogP) is 1.02. The maximum absolute atomic E-state index is 11.0. The SMILES string of the molecule is COS(=O)(=O)c1ccccc1.[Fe]. The van der Waals surface area contributed by atoms with Crippen molar-refractivity contribution in [1.29, 1.82) is 0 Å². The van der Waals surface area contributed by atoms with E-state index in [1.54, 1.807) is 18.2 Å². The second kappa shape index (κ2) is 4.62. The quantitative estimate of drug-likeness (QED) is 0.560. The summed E-state index contributed by atoms with van der Waals surface area (Å²) in [5, 5.41) is 0. The van der Waals surface area contributed by atoms with Gasteiger partial charge >= 0.3 is 0 Å². The fourth-order valence-electron chi connectivity index (χ4n) is 0.683. The molecule has 0 bridgehead atoms. The molecule has 1 aromatic carbocycles. The zero-order valence-corrected chi connectivity index (χ0v) is 8.29. The molecule has 0 spiro atoms. The van der Waals surface area contributed by atoms with Gasteiger partial charge in [-0.15, -0.1) is 0 Å². The summed E-state index contributed by atoms with van der Waals surface area (Å²) in [6.45, 7) is 0. The summed E-state index contributed by atoms with van der Waals surface area (Å²) >= 11 is 0. The predicted molar refractivity (Wildman–Crippen MR) is 40.6 cm³/mol. The normalized spacial score (nSPS) is 10.4. The maximum atomic E-state index is 11.0. The molecular formula is C7H8FeO3S. The fraction of sp³-hybridized carbons (Fsp3) is 0.143. The van der Waals surface area contributed by atoms with Crippen molar-refractivity contribution in [2.24, 2.45) is 0 Å². The summed E-state index contributed by atoms with van der Waals surface area (Å²) in [5.74, 6) is 0. The zero-order valence-electron chi connectivity index (χ0n) is 6.37. The van der Waals surface area contributed by atoms with Gasteiger partial charge in [-0.2, -0.15) is 8.42 Å². The Hall–Kier alpha value is -0.351. The summed E-state index contributed by atoms with van der Waals surface area (Å²) in [5.41, 5.74) is 0. The number of hydrogen-bond donors (Lipinski definition) is 0. The third-order valence-corrected chi connectivity index (χ3v) is 2.54. The molecule has 1 aromatic rings. The molecule has 0 atom stereocenters. The molecule has 0 amide bonds. The van der Waals surface area contributed by atoms with E-state index in [9.17, 15) is 8.42 Å². The molecule has 0 fully saturated rings. The summed E-state index contributed by atoms with van der Waals surface area (Å²) in [4.78, 5) is 0.183. The Balaban J connectivity index is 0.00000121. The van der Waals surface area contributed by atoms with E-state index < -0.39 is 10.1 Å². The maximum Gasteiger partial charge on any atom is 0.296 e. The molecule has 1 rings (SSSR count). The van der Waals surface area contributed by atoms with Crippen LogP contribution in [0.3, 0.4) is 0 Å². The first-order chi connectivity index (χ1) is 5.17. The van der Waals surface area contributed by atoms with E-state index in [4.69, 9.17) is 0 Å². The second-order valence-corrected chi connectivity index (χ2v) is 3.65. The molecule has 12 heavy (non-hydrogen) atoms. The van der Waals surface area contributed by atoms with Crippen LogP contribution < -0.4 is 0 Å². The van der Waals surface area contributed by atoms with E-state index in [1.165, 1.54) is 12.1 Å². The van der Waals surface area contributed by atoms with Crippen molar-refractivity contribution in [1.82, 2.24) is 0 Å². The zero-order chi connectivity index (χ0) is 8.32. The van der Waals surface area contributed by atoms with Gasteiger partial charge in [0.25, 0.3) is 10.1 Å². The van der Waals surface area contributed by atoms with Crippen LogP contribution in [0.15, 0.2) is 35.2 Å². The van der Waals surface area contributed by atoms with Crippen LogP contribution in [0.2, 0.25) is 0 Å². The molecule has 0 N–H and O–H groups in total. The van der Waals surface area contributed by atoms with Gasteiger partial charge in [0.15, 0.2) is 0 Å². The van der Waals surface area contributed by atoms with Crippen LogP contribution in [-0.2, 0) is 31.4 Å². The Labute approximate surface area is 82.3 Å². The molecule has 0 radical (unpaired) electrons. The largest absolute Gasteiger partial charge is 0.296 e. The Morgan fingerprint density at radius 1 is 1.17 bits per heavy atom. The van der Waals surface area contributed by atoms with Crippen molar-refractivity contribution < 1.29 is 29.7 Å². The monoisotopic (exact) mass is 228 g/mol. The number of benzene rings is 1. The summed E-state index contributed by atoms with van der Waals surface area (Å²) in [7, 11) is -2.36. The molecule has 0 aliphatic rings. The van der Waals surface area contributed by atoms with Crippen LogP contribution >= 0.6 is 0 Å². The standard InChI is InChI=1S/C7H8O3S.Fe/c1-10-11(8,9)7-5-3-2-4-6-7;/h2-6H,1H3;. The van der Waals surface area contributed by atoms with Gasteiger partial charge in [0.1, 0.15) is 0 Å². The minimum Gasteiger partial charge on any atom is -0.270 e. The molecule has 68 valence electrons. The second-order valence-electron chi connectivity index (χ2n) is 1.93. The molecular weight excluding hydrogens is 220 g/mol. The van der Waals surface area contributed by atoms with E-state index >= 15 is 0 Å². The van der Waals surface area contributed by atoms with Crippen molar-refractivity contribution in [3.8, 4) is 0 Å². The van der Waals surface area contributed by atoms with Gasteiger partial charge in [-0.1, -0.05) is 18.2 Å². The first kappa shape index (κ1) is 11.6. The molecule has 3 nitrogen and oxygen atoms in total. The van der Waals surface area contributed by atoms with Crippen LogP contribution in [0.4, 0.5) is 0 Å². The molecule has 0 heterocycles. The molecule has 0 saturated heterocycles. The average Bonchev–Trinajstić information content (AvgIpc) is 2.06. The van der Waals surface area contributed by atoms with Crippen LogP contribution in [0, 0.1) is 0 Å².